The van der Waals surface area contributed by atoms with Crippen LogP contribution in [0.2, 0.25) is 0 Å². The normalized spacial score (nSPS) is 11.0. The van der Waals surface area contributed by atoms with Crippen molar-refractivity contribution in [3.63, 3.8) is 0 Å². The molecule has 1 amide bonds. The van der Waals surface area contributed by atoms with Crippen molar-refractivity contribution in [2.24, 2.45) is 0 Å². The van der Waals surface area contributed by atoms with Crippen LogP contribution in [0.4, 0.5) is 22.5 Å². The molecule has 0 bridgehead atoms. The van der Waals surface area contributed by atoms with Gasteiger partial charge in [0.2, 0.25) is 5.95 Å². The molecule has 1 aromatic carbocycles. The fraction of sp³-hybridized carbons (Fsp3) is 0.190. The van der Waals surface area contributed by atoms with Gasteiger partial charge in [0.1, 0.15) is 10.7 Å². The first kappa shape index (κ1) is 20.5. The van der Waals surface area contributed by atoms with Gasteiger partial charge in [0.05, 0.1) is 35.2 Å². The van der Waals surface area contributed by atoms with Crippen molar-refractivity contribution in [3.8, 4) is 11.4 Å². The molecule has 0 aliphatic carbocycles. The Hall–Kier alpha value is -3.79. The molecule has 4 rings (SSSR count). The standard InChI is InChI=1S/C21H22N8OS/c1-12(2)29-13(3)24-10-17(29)16-8-9-23-20(27-16)28-21-25-11-18(31-21)19(30)26-15-7-5-4-6-14(15)22/h4-12H,22H2,1-3H3,(H,26,30)(H,23,25,27,28). The molecule has 0 aliphatic heterocycles. The molecule has 0 spiro atoms. The van der Waals surface area contributed by atoms with Crippen LogP contribution in [0.5, 0.6) is 0 Å². The smallest absolute Gasteiger partial charge is 0.267 e. The van der Waals surface area contributed by atoms with E-state index in [1.165, 1.54) is 17.5 Å². The predicted molar refractivity (Wildman–Crippen MR) is 123 cm³/mol. The van der Waals surface area contributed by atoms with E-state index in [1.54, 1.807) is 18.3 Å². The van der Waals surface area contributed by atoms with Gasteiger partial charge >= 0.3 is 0 Å². The summed E-state index contributed by atoms with van der Waals surface area (Å²) >= 11 is 1.20. The molecule has 10 heteroatoms. The number of aromatic nitrogens is 5. The first-order valence-electron chi connectivity index (χ1n) is 9.68. The molecule has 31 heavy (non-hydrogen) atoms. The summed E-state index contributed by atoms with van der Waals surface area (Å²) in [6.45, 7) is 6.17. The van der Waals surface area contributed by atoms with E-state index in [0.29, 0.717) is 27.3 Å². The molecule has 4 N–H and O–H groups in total. The largest absolute Gasteiger partial charge is 0.397 e. The van der Waals surface area contributed by atoms with Gasteiger partial charge in [-0.05, 0) is 39.0 Å². The van der Waals surface area contributed by atoms with Gasteiger partial charge in [-0.1, -0.05) is 23.5 Å². The Bertz CT molecular complexity index is 1230. The zero-order valence-corrected chi connectivity index (χ0v) is 18.1. The van der Waals surface area contributed by atoms with Crippen LogP contribution >= 0.6 is 11.3 Å². The fourth-order valence-corrected chi connectivity index (χ4v) is 3.89. The Morgan fingerprint density at radius 2 is 1.94 bits per heavy atom. The van der Waals surface area contributed by atoms with Crippen LogP contribution in [0.1, 0.15) is 35.4 Å². The van der Waals surface area contributed by atoms with Gasteiger partial charge in [0.15, 0.2) is 5.13 Å². The Balaban J connectivity index is 1.51. The molecule has 0 aliphatic rings. The van der Waals surface area contributed by atoms with E-state index in [9.17, 15) is 4.79 Å². The van der Waals surface area contributed by atoms with Crippen molar-refractivity contribution in [1.29, 1.82) is 0 Å². The SMILES string of the molecule is Cc1ncc(-c2ccnc(Nc3ncc(C(=O)Nc4ccccc4N)s3)n2)n1C(C)C. The number of benzene rings is 1. The molecule has 4 aromatic rings. The van der Waals surface area contributed by atoms with Gasteiger partial charge in [-0.15, -0.1) is 0 Å². The zero-order valence-electron chi connectivity index (χ0n) is 17.3. The van der Waals surface area contributed by atoms with Gasteiger partial charge < -0.3 is 20.9 Å². The number of nitrogens with zero attached hydrogens (tertiary/aromatic N) is 5. The number of nitrogens with one attached hydrogen (secondary N) is 2. The van der Waals surface area contributed by atoms with Crippen molar-refractivity contribution >= 4 is 39.7 Å². The first-order chi connectivity index (χ1) is 14.9. The van der Waals surface area contributed by atoms with Crippen molar-refractivity contribution in [2.75, 3.05) is 16.4 Å². The lowest BCUT2D eigenvalue weighted by atomic mass is 10.2. The Kier molecular flexibility index (Phi) is 5.63. The summed E-state index contributed by atoms with van der Waals surface area (Å²) < 4.78 is 2.12. The minimum atomic E-state index is -0.283. The lowest BCUT2D eigenvalue weighted by molar-refractivity contribution is 0.103. The van der Waals surface area contributed by atoms with Crippen LogP contribution in [-0.4, -0.2) is 30.4 Å². The molecule has 158 valence electrons. The summed E-state index contributed by atoms with van der Waals surface area (Å²) in [6, 6.07) is 9.18. The highest BCUT2D eigenvalue weighted by molar-refractivity contribution is 7.17. The number of aryl methyl sites for hydroxylation is 1. The zero-order chi connectivity index (χ0) is 22.0. The minimum absolute atomic E-state index is 0.252. The maximum atomic E-state index is 12.5. The molecule has 0 saturated carbocycles. The summed E-state index contributed by atoms with van der Waals surface area (Å²) in [4.78, 5) is 30.5. The van der Waals surface area contributed by atoms with E-state index in [4.69, 9.17) is 5.73 Å². The highest BCUT2D eigenvalue weighted by Gasteiger charge is 2.15. The third kappa shape index (κ3) is 4.38. The molecule has 0 atom stereocenters. The van der Waals surface area contributed by atoms with Crippen LogP contribution in [0, 0.1) is 6.92 Å². The van der Waals surface area contributed by atoms with Crippen molar-refractivity contribution in [1.82, 2.24) is 24.5 Å². The number of amides is 1. The fourth-order valence-electron chi connectivity index (χ4n) is 3.18. The van der Waals surface area contributed by atoms with E-state index in [2.05, 4.69) is 49.0 Å². The second-order valence-electron chi connectivity index (χ2n) is 7.12. The number of anilines is 4. The monoisotopic (exact) mass is 434 g/mol. The van der Waals surface area contributed by atoms with E-state index in [-0.39, 0.29) is 11.9 Å². The number of nitrogens with two attached hydrogens (primary N) is 1. The first-order valence-corrected chi connectivity index (χ1v) is 10.5. The Labute approximate surface area is 183 Å². The summed E-state index contributed by atoms with van der Waals surface area (Å²) in [7, 11) is 0. The van der Waals surface area contributed by atoms with Crippen LogP contribution in [0.15, 0.2) is 48.9 Å². The molecule has 9 nitrogen and oxygen atoms in total. The number of thiazole rings is 1. The highest BCUT2D eigenvalue weighted by atomic mass is 32.1. The van der Waals surface area contributed by atoms with Gasteiger partial charge in [0.25, 0.3) is 5.91 Å². The van der Waals surface area contributed by atoms with E-state index in [0.717, 1.165) is 17.2 Å². The maximum Gasteiger partial charge on any atom is 0.267 e. The van der Waals surface area contributed by atoms with Gasteiger partial charge in [-0.3, -0.25) is 4.79 Å². The van der Waals surface area contributed by atoms with Crippen molar-refractivity contribution in [3.05, 3.63) is 59.6 Å². The quantitative estimate of drug-likeness (QED) is 0.387. The summed E-state index contributed by atoms with van der Waals surface area (Å²) in [5, 5.41) is 6.37. The Morgan fingerprint density at radius 1 is 1.13 bits per heavy atom. The average Bonchev–Trinajstić information content (AvgIpc) is 3.36. The topological polar surface area (TPSA) is 124 Å². The summed E-state index contributed by atoms with van der Waals surface area (Å²) in [5.41, 5.74) is 8.61. The second-order valence-corrected chi connectivity index (χ2v) is 8.15. The van der Waals surface area contributed by atoms with Gasteiger partial charge in [-0.2, -0.15) is 0 Å². The number of nitrogen functional groups attached to an aromatic ring is 1. The molecule has 3 heterocycles. The van der Waals surface area contributed by atoms with Crippen LogP contribution in [0.25, 0.3) is 11.4 Å². The average molecular weight is 435 g/mol. The molecule has 0 radical (unpaired) electrons. The Morgan fingerprint density at radius 3 is 2.71 bits per heavy atom. The summed E-state index contributed by atoms with van der Waals surface area (Å²) in [5.74, 6) is 1.03. The van der Waals surface area contributed by atoms with Crippen molar-refractivity contribution in [2.45, 2.75) is 26.8 Å². The summed E-state index contributed by atoms with van der Waals surface area (Å²) in [6.07, 6.45) is 4.99. The maximum absolute atomic E-state index is 12.5. The highest BCUT2D eigenvalue weighted by Crippen LogP contribution is 2.26. The number of hydrogen-bond acceptors (Lipinski definition) is 8. The third-order valence-corrected chi connectivity index (χ3v) is 5.48. The van der Waals surface area contributed by atoms with Crippen LogP contribution in [0.3, 0.4) is 0 Å². The van der Waals surface area contributed by atoms with Crippen LogP contribution < -0.4 is 16.4 Å². The van der Waals surface area contributed by atoms with Crippen LogP contribution in [-0.2, 0) is 0 Å². The van der Waals surface area contributed by atoms with E-state index < -0.39 is 0 Å². The molecule has 0 saturated heterocycles. The molecular weight excluding hydrogens is 412 g/mol. The van der Waals surface area contributed by atoms with Crippen molar-refractivity contribution < 1.29 is 4.79 Å². The molecule has 0 fully saturated rings. The number of carbonyl (C=O) groups excluding carboxylic acids is 1. The number of hydrogen-bond donors (Lipinski definition) is 3. The number of imidazole rings is 1. The third-order valence-electron chi connectivity index (χ3n) is 4.57. The number of carbonyl (C=O) groups is 1. The second kappa shape index (κ2) is 8.52. The minimum Gasteiger partial charge on any atom is -0.397 e. The predicted octanol–water partition coefficient (Wildman–Crippen LogP) is 4.26. The molecular formula is C21H22N8OS. The lowest BCUT2D eigenvalue weighted by Crippen LogP contribution is -2.11. The van der Waals surface area contributed by atoms with E-state index in [1.807, 2.05) is 31.3 Å². The molecule has 3 aromatic heterocycles. The van der Waals surface area contributed by atoms with Gasteiger partial charge in [0, 0.05) is 12.2 Å². The number of para-hydroxylation sites is 2. The number of rotatable bonds is 6. The lowest BCUT2D eigenvalue weighted by Gasteiger charge is -2.14. The molecule has 0 unspecified atom stereocenters. The van der Waals surface area contributed by atoms with Gasteiger partial charge in [-0.25, -0.2) is 19.9 Å². The van der Waals surface area contributed by atoms with E-state index >= 15 is 0 Å².